The molecule has 3 rings (SSSR count). The van der Waals surface area contributed by atoms with Crippen LogP contribution in [0, 0.1) is 19.7 Å². The highest BCUT2D eigenvalue weighted by molar-refractivity contribution is 6.00. The fourth-order valence-electron chi connectivity index (χ4n) is 3.40. The van der Waals surface area contributed by atoms with Gasteiger partial charge >= 0.3 is 5.97 Å². The molecule has 0 radical (unpaired) electrons. The zero-order valence-corrected chi connectivity index (χ0v) is 18.0. The molecule has 32 heavy (non-hydrogen) atoms. The second-order valence-electron chi connectivity index (χ2n) is 7.04. The van der Waals surface area contributed by atoms with Gasteiger partial charge in [0.15, 0.2) is 6.61 Å². The molecule has 1 amide bonds. The number of rotatable bonds is 8. The second kappa shape index (κ2) is 9.91. The molecule has 0 aliphatic rings. The Balaban J connectivity index is 1.60. The summed E-state index contributed by atoms with van der Waals surface area (Å²) in [7, 11) is 1.44. The molecule has 0 fully saturated rings. The minimum atomic E-state index is -0.760. The Morgan fingerprint density at radius 3 is 2.41 bits per heavy atom. The highest BCUT2D eigenvalue weighted by Crippen LogP contribution is 2.23. The lowest BCUT2D eigenvalue weighted by molar-refractivity contribution is -0.141. The summed E-state index contributed by atoms with van der Waals surface area (Å²) >= 11 is 0. The lowest BCUT2D eigenvalue weighted by atomic mass is 10.1. The largest absolute Gasteiger partial charge is 0.496 e. The first-order chi connectivity index (χ1) is 15.3. The number of hydrogen-bond acceptors (Lipinski definition) is 5. The molecule has 0 aliphatic carbocycles. The monoisotopic (exact) mass is 438 g/mol. The average molecular weight is 438 g/mol. The predicted octanol–water partition coefficient (Wildman–Crippen LogP) is 3.40. The van der Waals surface area contributed by atoms with E-state index in [0.717, 1.165) is 0 Å². The number of nitrogens with zero attached hydrogens (tertiary/aromatic N) is 1. The fraction of sp³-hybridized carbons (Fsp3) is 0.208. The number of benzene rings is 2. The van der Waals surface area contributed by atoms with Gasteiger partial charge in [-0.15, -0.1) is 0 Å². The van der Waals surface area contributed by atoms with Crippen LogP contribution in [0.1, 0.15) is 32.1 Å². The Morgan fingerprint density at radius 2 is 1.69 bits per heavy atom. The van der Waals surface area contributed by atoms with Crippen molar-refractivity contribution in [3.63, 3.8) is 0 Å². The van der Waals surface area contributed by atoms with E-state index >= 15 is 0 Å². The Labute approximate surface area is 184 Å². The lowest BCUT2D eigenvalue weighted by Gasteiger charge is -2.11. The van der Waals surface area contributed by atoms with Gasteiger partial charge < -0.3 is 19.4 Å². The van der Waals surface area contributed by atoms with Crippen LogP contribution >= 0.6 is 0 Å². The maximum absolute atomic E-state index is 14.2. The zero-order chi connectivity index (χ0) is 23.3. The van der Waals surface area contributed by atoms with Crippen LogP contribution in [0.15, 0.2) is 54.6 Å². The van der Waals surface area contributed by atoms with E-state index < -0.39 is 36.6 Å². The molecular weight excluding hydrogens is 415 g/mol. The number of Topliss-reactive ketones (excluding diaryl/α,β-unsaturated/α-hetero) is 1. The molecule has 166 valence electrons. The van der Waals surface area contributed by atoms with Crippen molar-refractivity contribution < 1.29 is 28.2 Å². The Bertz CT molecular complexity index is 1170. The number of ether oxygens (including phenoxy) is 2. The van der Waals surface area contributed by atoms with Crippen molar-refractivity contribution in [1.82, 2.24) is 9.88 Å². The van der Waals surface area contributed by atoms with Gasteiger partial charge in [0.1, 0.15) is 18.1 Å². The van der Waals surface area contributed by atoms with Crippen LogP contribution in [0.25, 0.3) is 5.69 Å². The number of carbonyl (C=O) groups excluding carboxylic acids is 3. The second-order valence-corrected chi connectivity index (χ2v) is 7.04. The van der Waals surface area contributed by atoms with Crippen LogP contribution in [0.5, 0.6) is 5.75 Å². The Hall–Kier alpha value is -3.94. The Morgan fingerprint density at radius 1 is 1.00 bits per heavy atom. The van der Waals surface area contributed by atoms with Crippen LogP contribution in [0.4, 0.5) is 4.39 Å². The molecule has 0 unspecified atom stereocenters. The zero-order valence-electron chi connectivity index (χ0n) is 18.0. The SMILES string of the molecule is COc1ccccc1C(=O)NCC(=O)OCC(=O)c1cc(C)n(-c2ccccc2F)c1C. The quantitative estimate of drug-likeness (QED) is 0.430. The molecule has 1 heterocycles. The van der Waals surface area contributed by atoms with Crippen molar-refractivity contribution >= 4 is 17.7 Å². The first-order valence-corrected chi connectivity index (χ1v) is 9.87. The van der Waals surface area contributed by atoms with Crippen molar-refractivity contribution in [2.24, 2.45) is 0 Å². The minimum Gasteiger partial charge on any atom is -0.496 e. The van der Waals surface area contributed by atoms with E-state index in [2.05, 4.69) is 5.32 Å². The predicted molar refractivity (Wildman–Crippen MR) is 116 cm³/mol. The van der Waals surface area contributed by atoms with Gasteiger partial charge in [-0.2, -0.15) is 0 Å². The molecule has 0 saturated carbocycles. The third kappa shape index (κ3) is 4.85. The lowest BCUT2D eigenvalue weighted by Crippen LogP contribution is -2.31. The third-order valence-corrected chi connectivity index (χ3v) is 4.93. The molecule has 8 heteroatoms. The van der Waals surface area contributed by atoms with E-state index in [0.29, 0.717) is 28.4 Å². The molecule has 2 aromatic carbocycles. The van der Waals surface area contributed by atoms with Crippen molar-refractivity contribution in [1.29, 1.82) is 0 Å². The van der Waals surface area contributed by atoms with Gasteiger partial charge in [0.25, 0.3) is 5.91 Å². The van der Waals surface area contributed by atoms with E-state index in [1.807, 2.05) is 0 Å². The van der Waals surface area contributed by atoms with Crippen LogP contribution in [-0.2, 0) is 9.53 Å². The van der Waals surface area contributed by atoms with E-state index in [4.69, 9.17) is 9.47 Å². The minimum absolute atomic E-state index is 0.277. The third-order valence-electron chi connectivity index (χ3n) is 4.93. The topological polar surface area (TPSA) is 86.6 Å². The standard InChI is InChI=1S/C24H23FN2O5/c1-15-12-18(16(2)27(15)20-10-6-5-9-19(20)25)21(28)14-32-23(29)13-26-24(30)17-8-4-7-11-22(17)31-3/h4-12H,13-14H2,1-3H3,(H,26,30). The highest BCUT2D eigenvalue weighted by atomic mass is 19.1. The fourth-order valence-corrected chi connectivity index (χ4v) is 3.40. The van der Waals surface area contributed by atoms with Gasteiger partial charge in [-0.3, -0.25) is 14.4 Å². The van der Waals surface area contributed by atoms with E-state index in [9.17, 15) is 18.8 Å². The van der Waals surface area contributed by atoms with Gasteiger partial charge in [-0.25, -0.2) is 4.39 Å². The molecular formula is C24H23FN2O5. The molecule has 0 aliphatic heterocycles. The van der Waals surface area contributed by atoms with Gasteiger partial charge in [0, 0.05) is 17.0 Å². The molecule has 0 spiro atoms. The molecule has 3 aromatic rings. The summed E-state index contributed by atoms with van der Waals surface area (Å²) in [5.41, 5.74) is 2.15. The van der Waals surface area contributed by atoms with Crippen molar-refractivity contribution in [3.8, 4) is 11.4 Å². The molecule has 7 nitrogen and oxygen atoms in total. The maximum Gasteiger partial charge on any atom is 0.325 e. The number of amides is 1. The number of aromatic nitrogens is 1. The number of ketones is 1. The van der Waals surface area contributed by atoms with Crippen molar-refractivity contribution in [3.05, 3.63) is 82.9 Å². The normalized spacial score (nSPS) is 10.5. The molecule has 0 bridgehead atoms. The Kier molecular flexibility index (Phi) is 7.04. The van der Waals surface area contributed by atoms with E-state index in [1.165, 1.54) is 13.2 Å². The number of esters is 1. The summed E-state index contributed by atoms with van der Waals surface area (Å²) in [5.74, 6) is -1.72. The van der Waals surface area contributed by atoms with E-state index in [-0.39, 0.29) is 5.56 Å². The van der Waals surface area contributed by atoms with E-state index in [1.54, 1.807) is 66.9 Å². The first kappa shape index (κ1) is 22.7. The number of aryl methyl sites for hydroxylation is 1. The van der Waals surface area contributed by atoms with Crippen molar-refractivity contribution in [2.75, 3.05) is 20.3 Å². The summed E-state index contributed by atoms with van der Waals surface area (Å²) < 4.78 is 26.0. The summed E-state index contributed by atoms with van der Waals surface area (Å²) in [6.07, 6.45) is 0. The van der Waals surface area contributed by atoms with Crippen LogP contribution in [-0.4, -0.2) is 42.5 Å². The number of methoxy groups -OCH3 is 1. The van der Waals surface area contributed by atoms with Gasteiger partial charge in [-0.05, 0) is 44.2 Å². The highest BCUT2D eigenvalue weighted by Gasteiger charge is 2.20. The summed E-state index contributed by atoms with van der Waals surface area (Å²) in [6, 6.07) is 14.5. The van der Waals surface area contributed by atoms with Gasteiger partial charge in [0.2, 0.25) is 5.78 Å². The molecule has 0 saturated heterocycles. The summed E-state index contributed by atoms with van der Waals surface area (Å²) in [4.78, 5) is 36.9. The summed E-state index contributed by atoms with van der Waals surface area (Å²) in [6.45, 7) is 2.56. The molecule has 0 atom stereocenters. The number of carbonyl (C=O) groups is 3. The first-order valence-electron chi connectivity index (χ1n) is 9.87. The maximum atomic E-state index is 14.2. The molecule has 1 N–H and O–H groups in total. The number of hydrogen-bond donors (Lipinski definition) is 1. The molecule has 1 aromatic heterocycles. The van der Waals surface area contributed by atoms with Crippen molar-refractivity contribution in [2.45, 2.75) is 13.8 Å². The van der Waals surface area contributed by atoms with Gasteiger partial charge in [0.05, 0.1) is 18.4 Å². The smallest absolute Gasteiger partial charge is 0.325 e. The number of para-hydroxylation sites is 2. The number of nitrogens with one attached hydrogen (secondary N) is 1. The number of halogens is 1. The van der Waals surface area contributed by atoms with Crippen LogP contribution in [0.3, 0.4) is 0 Å². The van der Waals surface area contributed by atoms with Crippen LogP contribution in [0.2, 0.25) is 0 Å². The van der Waals surface area contributed by atoms with Crippen LogP contribution < -0.4 is 10.1 Å². The summed E-state index contributed by atoms with van der Waals surface area (Å²) in [5, 5.41) is 2.44. The average Bonchev–Trinajstić information content (AvgIpc) is 3.09. The van der Waals surface area contributed by atoms with Gasteiger partial charge in [-0.1, -0.05) is 24.3 Å².